The fraction of sp³-hybridized carbons (Fsp3) is 0.316. The highest BCUT2D eigenvalue weighted by atomic mass is 32.1. The molecule has 0 aliphatic heterocycles. The lowest BCUT2D eigenvalue weighted by atomic mass is 10.1. The molecular formula is C19H23F2N3S. The molecule has 3 nitrogen and oxygen atoms in total. The molecule has 0 saturated heterocycles. The molecule has 0 radical (unpaired) electrons. The first-order valence-electron chi connectivity index (χ1n) is 8.13. The Morgan fingerprint density at radius 2 is 1.80 bits per heavy atom. The number of rotatable bonds is 6. The number of hydrogen-bond acceptors (Lipinski definition) is 2. The summed E-state index contributed by atoms with van der Waals surface area (Å²) in [5, 5.41) is 6.12. The van der Waals surface area contributed by atoms with Gasteiger partial charge >= 0.3 is 0 Å². The molecule has 0 amide bonds. The molecule has 0 aromatic heterocycles. The van der Waals surface area contributed by atoms with E-state index in [1.165, 1.54) is 17.7 Å². The van der Waals surface area contributed by atoms with Crippen LogP contribution in [-0.2, 0) is 13.1 Å². The highest BCUT2D eigenvalue weighted by Gasteiger charge is 2.09. The van der Waals surface area contributed by atoms with Gasteiger partial charge in [-0.05, 0) is 56.4 Å². The first kappa shape index (κ1) is 19.3. The first-order valence-corrected chi connectivity index (χ1v) is 8.54. The molecule has 2 rings (SSSR count). The van der Waals surface area contributed by atoms with Crippen LogP contribution in [0.5, 0.6) is 0 Å². The van der Waals surface area contributed by atoms with Gasteiger partial charge in [-0.1, -0.05) is 24.3 Å². The Labute approximate surface area is 153 Å². The summed E-state index contributed by atoms with van der Waals surface area (Å²) in [5.74, 6) is -1.30. The van der Waals surface area contributed by atoms with E-state index < -0.39 is 11.6 Å². The van der Waals surface area contributed by atoms with E-state index in [1.54, 1.807) is 0 Å². The van der Waals surface area contributed by atoms with Crippen LogP contribution in [0.15, 0.2) is 42.5 Å². The molecule has 134 valence electrons. The van der Waals surface area contributed by atoms with E-state index in [2.05, 4.69) is 42.5 Å². The number of hydrogen-bond donors (Lipinski definition) is 2. The topological polar surface area (TPSA) is 27.3 Å². The molecule has 0 heterocycles. The highest BCUT2D eigenvalue weighted by Crippen LogP contribution is 2.15. The van der Waals surface area contributed by atoms with Crippen molar-refractivity contribution in [2.24, 2.45) is 0 Å². The van der Waals surface area contributed by atoms with Crippen molar-refractivity contribution in [3.63, 3.8) is 0 Å². The normalized spacial score (nSPS) is 11.0. The summed E-state index contributed by atoms with van der Waals surface area (Å²) in [4.78, 5) is 2.25. The number of nitrogens with zero attached hydrogens (tertiary/aromatic N) is 1. The Morgan fingerprint density at radius 1 is 1.12 bits per heavy atom. The van der Waals surface area contributed by atoms with E-state index in [9.17, 15) is 8.78 Å². The third kappa shape index (κ3) is 5.76. The zero-order valence-corrected chi connectivity index (χ0v) is 15.5. The smallest absolute Gasteiger partial charge is 0.171 e. The van der Waals surface area contributed by atoms with Gasteiger partial charge in [0.1, 0.15) is 11.6 Å². The van der Waals surface area contributed by atoms with Crippen molar-refractivity contribution in [2.75, 3.05) is 12.4 Å². The monoisotopic (exact) mass is 363 g/mol. The van der Waals surface area contributed by atoms with Crippen LogP contribution in [0, 0.1) is 11.6 Å². The molecule has 0 spiro atoms. The van der Waals surface area contributed by atoms with Crippen molar-refractivity contribution >= 4 is 23.0 Å². The fourth-order valence-electron chi connectivity index (χ4n) is 2.27. The van der Waals surface area contributed by atoms with E-state index in [-0.39, 0.29) is 10.8 Å². The lowest BCUT2D eigenvalue weighted by Crippen LogP contribution is -2.30. The molecule has 0 atom stereocenters. The van der Waals surface area contributed by atoms with Gasteiger partial charge in [-0.2, -0.15) is 0 Å². The third-order valence-corrected chi connectivity index (χ3v) is 4.28. The zero-order chi connectivity index (χ0) is 18.4. The average molecular weight is 363 g/mol. The predicted octanol–water partition coefficient (Wildman–Crippen LogP) is 4.29. The van der Waals surface area contributed by atoms with Gasteiger partial charge in [-0.3, -0.25) is 4.90 Å². The number of thiocarbonyl (C=S) groups is 1. The summed E-state index contributed by atoms with van der Waals surface area (Å²) < 4.78 is 26.6. The second-order valence-electron chi connectivity index (χ2n) is 6.21. The van der Waals surface area contributed by atoms with Crippen molar-refractivity contribution < 1.29 is 8.78 Å². The average Bonchev–Trinajstić information content (AvgIpc) is 2.56. The molecule has 2 N–H and O–H groups in total. The van der Waals surface area contributed by atoms with Gasteiger partial charge in [0.2, 0.25) is 0 Å². The summed E-state index contributed by atoms with van der Waals surface area (Å²) in [6.07, 6.45) is 0. The fourth-order valence-corrected chi connectivity index (χ4v) is 2.45. The lowest BCUT2D eigenvalue weighted by Gasteiger charge is -2.23. The van der Waals surface area contributed by atoms with Crippen molar-refractivity contribution in [1.82, 2.24) is 10.2 Å². The van der Waals surface area contributed by atoms with Gasteiger partial charge in [0, 0.05) is 25.2 Å². The Morgan fingerprint density at radius 3 is 2.44 bits per heavy atom. The van der Waals surface area contributed by atoms with Gasteiger partial charge in [0.15, 0.2) is 5.11 Å². The summed E-state index contributed by atoms with van der Waals surface area (Å²) in [6.45, 7) is 5.66. The lowest BCUT2D eigenvalue weighted by molar-refractivity contribution is 0.265. The van der Waals surface area contributed by atoms with Crippen molar-refractivity contribution in [2.45, 2.75) is 33.0 Å². The molecular weight excluding hydrogens is 340 g/mol. The molecule has 0 fully saturated rings. The van der Waals surface area contributed by atoms with Crippen LogP contribution < -0.4 is 10.6 Å². The number of benzene rings is 2. The predicted molar refractivity (Wildman–Crippen MR) is 102 cm³/mol. The molecule has 0 aliphatic rings. The molecule has 0 bridgehead atoms. The minimum Gasteiger partial charge on any atom is -0.358 e. The Hall–Kier alpha value is -2.05. The maximum atomic E-state index is 13.7. The zero-order valence-electron chi connectivity index (χ0n) is 14.6. The van der Waals surface area contributed by atoms with E-state index >= 15 is 0 Å². The molecule has 25 heavy (non-hydrogen) atoms. The largest absolute Gasteiger partial charge is 0.358 e. The van der Waals surface area contributed by atoms with Gasteiger partial charge in [0.25, 0.3) is 0 Å². The van der Waals surface area contributed by atoms with Gasteiger partial charge in [-0.15, -0.1) is 0 Å². The molecule has 2 aromatic carbocycles. The number of nitrogens with one attached hydrogen (secondary N) is 2. The summed E-state index contributed by atoms with van der Waals surface area (Å²) in [7, 11) is 2.08. The van der Waals surface area contributed by atoms with Gasteiger partial charge in [-0.25, -0.2) is 8.78 Å². The van der Waals surface area contributed by atoms with Gasteiger partial charge < -0.3 is 10.6 Å². The molecule has 2 aromatic rings. The second-order valence-corrected chi connectivity index (χ2v) is 6.62. The molecule has 0 unspecified atom stereocenters. The summed E-state index contributed by atoms with van der Waals surface area (Å²) in [6, 6.07) is 11.9. The van der Waals surface area contributed by atoms with Gasteiger partial charge in [0.05, 0.1) is 5.69 Å². The van der Waals surface area contributed by atoms with Crippen LogP contribution in [0.3, 0.4) is 0 Å². The first-order chi connectivity index (χ1) is 11.9. The molecule has 6 heteroatoms. The quantitative estimate of drug-likeness (QED) is 0.749. The Bertz CT molecular complexity index is 734. The SMILES string of the molecule is CC(C)N(C)Cc1ccccc1CNC(=S)Nc1ccc(F)cc1F. The van der Waals surface area contributed by atoms with Crippen molar-refractivity contribution in [3.8, 4) is 0 Å². The number of halogens is 2. The standard InChI is InChI=1S/C19H23F2N3S/c1-13(2)24(3)12-15-7-5-4-6-14(15)11-22-19(25)23-18-9-8-16(20)10-17(18)21/h4-10,13H,11-12H2,1-3H3,(H2,22,23,25). The van der Waals surface area contributed by atoms with E-state index in [0.29, 0.717) is 12.6 Å². The van der Waals surface area contributed by atoms with E-state index in [0.717, 1.165) is 18.2 Å². The summed E-state index contributed by atoms with van der Waals surface area (Å²) >= 11 is 5.21. The van der Waals surface area contributed by atoms with E-state index in [4.69, 9.17) is 12.2 Å². The minimum atomic E-state index is -0.678. The number of anilines is 1. The third-order valence-electron chi connectivity index (χ3n) is 4.04. The Kier molecular flexibility index (Phi) is 6.84. The van der Waals surface area contributed by atoms with Crippen LogP contribution in [0.25, 0.3) is 0 Å². The maximum absolute atomic E-state index is 13.7. The summed E-state index contributed by atoms with van der Waals surface area (Å²) in [5.41, 5.74) is 2.48. The van der Waals surface area contributed by atoms with Crippen LogP contribution >= 0.6 is 12.2 Å². The highest BCUT2D eigenvalue weighted by molar-refractivity contribution is 7.80. The molecule has 0 saturated carbocycles. The Balaban J connectivity index is 1.97. The van der Waals surface area contributed by atoms with Crippen LogP contribution in [0.2, 0.25) is 0 Å². The van der Waals surface area contributed by atoms with Crippen molar-refractivity contribution in [1.29, 1.82) is 0 Å². The van der Waals surface area contributed by atoms with Crippen molar-refractivity contribution in [3.05, 3.63) is 65.2 Å². The molecule has 0 aliphatic carbocycles. The van der Waals surface area contributed by atoms with Crippen LogP contribution in [-0.4, -0.2) is 23.1 Å². The van der Waals surface area contributed by atoms with E-state index in [1.807, 2.05) is 18.2 Å². The maximum Gasteiger partial charge on any atom is 0.171 e. The minimum absolute atomic E-state index is 0.145. The second kappa shape index (κ2) is 8.87. The van der Waals surface area contributed by atoms with Crippen LogP contribution in [0.1, 0.15) is 25.0 Å². The van der Waals surface area contributed by atoms with Crippen LogP contribution in [0.4, 0.5) is 14.5 Å².